The fourth-order valence-corrected chi connectivity index (χ4v) is 2.06. The van der Waals surface area contributed by atoms with Gasteiger partial charge in [-0.1, -0.05) is 36.7 Å². The Hall–Kier alpha value is -0.570. The lowest BCUT2D eigenvalue weighted by Gasteiger charge is -2.25. The maximum Gasteiger partial charge on any atom is 0.0763 e. The van der Waals surface area contributed by atoms with Crippen LogP contribution in [-0.2, 0) is 4.74 Å². The van der Waals surface area contributed by atoms with Gasteiger partial charge in [-0.25, -0.2) is 0 Å². The van der Waals surface area contributed by atoms with Crippen LogP contribution in [0.1, 0.15) is 24.9 Å². The molecule has 0 aliphatic rings. The maximum atomic E-state index is 6.16. The van der Waals surface area contributed by atoms with E-state index >= 15 is 0 Å². The van der Waals surface area contributed by atoms with E-state index in [1.807, 2.05) is 31.3 Å². The van der Waals surface area contributed by atoms with Gasteiger partial charge in [0.1, 0.15) is 0 Å². The molecule has 0 aliphatic heterocycles. The van der Waals surface area contributed by atoms with Crippen molar-refractivity contribution >= 4 is 11.6 Å². The number of methoxy groups -OCH3 is 1. The van der Waals surface area contributed by atoms with Gasteiger partial charge in [-0.05, 0) is 25.1 Å². The first-order valence-electron chi connectivity index (χ1n) is 5.19. The van der Waals surface area contributed by atoms with E-state index in [9.17, 15) is 0 Å². The zero-order valence-electron chi connectivity index (χ0n) is 9.46. The number of halogens is 1. The Balaban J connectivity index is 2.96. The van der Waals surface area contributed by atoms with Crippen LogP contribution in [0.25, 0.3) is 0 Å². The standard InChI is InChI=1S/C12H18ClNO/c1-4-11(15-3)12(14-2)9-7-5-6-8-10(9)13/h5-8,11-12,14H,4H2,1-3H3. The van der Waals surface area contributed by atoms with Crippen molar-refractivity contribution in [2.45, 2.75) is 25.5 Å². The van der Waals surface area contributed by atoms with Gasteiger partial charge in [0.2, 0.25) is 0 Å². The van der Waals surface area contributed by atoms with Crippen molar-refractivity contribution < 1.29 is 4.74 Å². The van der Waals surface area contributed by atoms with E-state index in [1.165, 1.54) is 0 Å². The van der Waals surface area contributed by atoms with Crippen LogP contribution >= 0.6 is 11.6 Å². The van der Waals surface area contributed by atoms with E-state index in [4.69, 9.17) is 16.3 Å². The molecule has 84 valence electrons. The lowest BCUT2D eigenvalue weighted by Crippen LogP contribution is -2.30. The van der Waals surface area contributed by atoms with Crippen LogP contribution in [0.4, 0.5) is 0 Å². The second-order valence-electron chi connectivity index (χ2n) is 3.47. The first-order valence-corrected chi connectivity index (χ1v) is 5.56. The third-order valence-electron chi connectivity index (χ3n) is 2.63. The van der Waals surface area contributed by atoms with Crippen LogP contribution in [0.5, 0.6) is 0 Å². The minimum atomic E-state index is 0.147. The SMILES string of the molecule is CCC(OC)C(NC)c1ccccc1Cl. The molecule has 15 heavy (non-hydrogen) atoms. The third kappa shape index (κ3) is 2.94. The summed E-state index contributed by atoms with van der Waals surface area (Å²) >= 11 is 6.16. The number of hydrogen-bond acceptors (Lipinski definition) is 2. The van der Waals surface area contributed by atoms with Gasteiger partial charge in [0.15, 0.2) is 0 Å². The lowest BCUT2D eigenvalue weighted by molar-refractivity contribution is 0.0676. The molecule has 0 aliphatic carbocycles. The largest absolute Gasteiger partial charge is 0.379 e. The molecule has 0 saturated heterocycles. The lowest BCUT2D eigenvalue weighted by atomic mass is 10.00. The van der Waals surface area contributed by atoms with E-state index in [0.717, 1.165) is 17.0 Å². The topological polar surface area (TPSA) is 21.3 Å². The Morgan fingerprint density at radius 1 is 1.40 bits per heavy atom. The Kier molecular flexibility index (Phi) is 5.09. The van der Waals surface area contributed by atoms with Crippen molar-refractivity contribution in [3.05, 3.63) is 34.9 Å². The van der Waals surface area contributed by atoms with Gasteiger partial charge in [0.05, 0.1) is 12.1 Å². The quantitative estimate of drug-likeness (QED) is 0.835. The highest BCUT2D eigenvalue weighted by atomic mass is 35.5. The molecule has 1 aromatic rings. The normalized spacial score (nSPS) is 14.9. The number of likely N-dealkylation sites (N-methyl/N-ethyl adjacent to an activating group) is 1. The van der Waals surface area contributed by atoms with Crippen molar-refractivity contribution in [1.29, 1.82) is 0 Å². The van der Waals surface area contributed by atoms with Crippen molar-refractivity contribution in [1.82, 2.24) is 5.32 Å². The van der Waals surface area contributed by atoms with Gasteiger partial charge < -0.3 is 10.1 Å². The molecule has 2 atom stereocenters. The Bertz CT molecular complexity index is 299. The van der Waals surface area contributed by atoms with Crippen LogP contribution in [-0.4, -0.2) is 20.3 Å². The molecule has 0 spiro atoms. The molecule has 0 bridgehead atoms. The van der Waals surface area contributed by atoms with E-state index in [0.29, 0.717) is 0 Å². The van der Waals surface area contributed by atoms with E-state index in [1.54, 1.807) is 7.11 Å². The third-order valence-corrected chi connectivity index (χ3v) is 2.97. The highest BCUT2D eigenvalue weighted by Gasteiger charge is 2.21. The number of rotatable bonds is 5. The summed E-state index contributed by atoms with van der Waals surface area (Å²) in [6.07, 6.45) is 1.10. The summed E-state index contributed by atoms with van der Waals surface area (Å²) in [5.41, 5.74) is 1.09. The summed E-state index contributed by atoms with van der Waals surface area (Å²) in [5, 5.41) is 4.04. The van der Waals surface area contributed by atoms with Crippen LogP contribution < -0.4 is 5.32 Å². The summed E-state index contributed by atoms with van der Waals surface area (Å²) in [7, 11) is 3.66. The highest BCUT2D eigenvalue weighted by Crippen LogP contribution is 2.27. The molecule has 0 aromatic heterocycles. The molecular weight excluding hydrogens is 210 g/mol. The average Bonchev–Trinajstić information content (AvgIpc) is 2.27. The van der Waals surface area contributed by atoms with Gasteiger partial charge in [0.25, 0.3) is 0 Å². The second-order valence-corrected chi connectivity index (χ2v) is 3.88. The average molecular weight is 228 g/mol. The number of ether oxygens (including phenoxy) is 1. The van der Waals surface area contributed by atoms with Crippen LogP contribution in [0.15, 0.2) is 24.3 Å². The zero-order valence-corrected chi connectivity index (χ0v) is 10.2. The van der Waals surface area contributed by atoms with Crippen molar-refractivity contribution in [3.63, 3.8) is 0 Å². The second kappa shape index (κ2) is 6.11. The van der Waals surface area contributed by atoms with E-state index in [-0.39, 0.29) is 12.1 Å². The minimum Gasteiger partial charge on any atom is -0.379 e. The molecule has 0 heterocycles. The van der Waals surface area contributed by atoms with Gasteiger partial charge in [0, 0.05) is 12.1 Å². The smallest absolute Gasteiger partial charge is 0.0763 e. The van der Waals surface area contributed by atoms with Gasteiger partial charge in [-0.3, -0.25) is 0 Å². The molecule has 2 nitrogen and oxygen atoms in total. The summed E-state index contributed by atoms with van der Waals surface area (Å²) in [6, 6.07) is 8.02. The number of nitrogens with one attached hydrogen (secondary N) is 1. The zero-order chi connectivity index (χ0) is 11.3. The maximum absolute atomic E-state index is 6.16. The highest BCUT2D eigenvalue weighted by molar-refractivity contribution is 6.31. The Labute approximate surface area is 96.6 Å². The first-order chi connectivity index (χ1) is 7.24. The van der Waals surface area contributed by atoms with Crippen LogP contribution in [0.3, 0.4) is 0 Å². The molecule has 0 radical (unpaired) electrons. The van der Waals surface area contributed by atoms with Gasteiger partial charge in [-0.15, -0.1) is 0 Å². The molecule has 0 fully saturated rings. The summed E-state index contributed by atoms with van der Waals surface area (Å²) in [5.74, 6) is 0. The first kappa shape index (κ1) is 12.5. The molecule has 0 saturated carbocycles. The van der Waals surface area contributed by atoms with E-state index < -0.39 is 0 Å². The summed E-state index contributed by atoms with van der Waals surface area (Å²) in [6.45, 7) is 2.11. The minimum absolute atomic E-state index is 0.147. The molecule has 0 amide bonds. The van der Waals surface area contributed by atoms with Crippen molar-refractivity contribution in [2.24, 2.45) is 0 Å². The van der Waals surface area contributed by atoms with E-state index in [2.05, 4.69) is 12.2 Å². The fraction of sp³-hybridized carbons (Fsp3) is 0.500. The monoisotopic (exact) mass is 227 g/mol. The van der Waals surface area contributed by atoms with Crippen molar-refractivity contribution in [2.75, 3.05) is 14.2 Å². The van der Waals surface area contributed by atoms with Gasteiger partial charge >= 0.3 is 0 Å². The van der Waals surface area contributed by atoms with Crippen LogP contribution in [0.2, 0.25) is 5.02 Å². The molecule has 2 unspecified atom stereocenters. The van der Waals surface area contributed by atoms with Gasteiger partial charge in [-0.2, -0.15) is 0 Å². The summed E-state index contributed by atoms with van der Waals surface area (Å²) in [4.78, 5) is 0. The molecule has 1 N–H and O–H groups in total. The Morgan fingerprint density at radius 3 is 2.53 bits per heavy atom. The fourth-order valence-electron chi connectivity index (χ4n) is 1.81. The molecule has 1 aromatic carbocycles. The molecule has 1 rings (SSSR count). The number of hydrogen-bond donors (Lipinski definition) is 1. The Morgan fingerprint density at radius 2 is 2.07 bits per heavy atom. The van der Waals surface area contributed by atoms with Crippen molar-refractivity contribution in [3.8, 4) is 0 Å². The summed E-state index contributed by atoms with van der Waals surface area (Å²) < 4.78 is 5.44. The predicted octanol–water partition coefficient (Wildman–Crippen LogP) is 3.03. The molecule has 3 heteroatoms. The number of benzene rings is 1. The molecular formula is C12H18ClNO. The predicted molar refractivity (Wildman–Crippen MR) is 64.3 cm³/mol. The van der Waals surface area contributed by atoms with Crippen LogP contribution in [0, 0.1) is 0 Å².